The van der Waals surface area contributed by atoms with E-state index in [4.69, 9.17) is 19.9 Å². The van der Waals surface area contributed by atoms with Crippen molar-refractivity contribution in [1.29, 1.82) is 0 Å². The lowest BCUT2D eigenvalue weighted by Gasteiger charge is -2.44. The largest absolute Gasteiger partial charge is 0.255 e. The molecule has 2 aromatic heterocycles. The molecule has 49 heavy (non-hydrogen) atoms. The fourth-order valence-electron chi connectivity index (χ4n) is 8.58. The highest BCUT2D eigenvalue weighted by atomic mass is 15.0. The summed E-state index contributed by atoms with van der Waals surface area (Å²) in [4.78, 5) is 20.4. The molecule has 0 unspecified atom stereocenters. The van der Waals surface area contributed by atoms with Crippen molar-refractivity contribution in [1.82, 2.24) is 19.9 Å². The summed E-state index contributed by atoms with van der Waals surface area (Å²) in [6.07, 6.45) is 1.89. The number of pyridine rings is 1. The summed E-state index contributed by atoms with van der Waals surface area (Å²) in [7, 11) is 2.10. The number of rotatable bonds is 4. The summed E-state index contributed by atoms with van der Waals surface area (Å²) in [6.45, 7) is 28.6. The fraction of sp³-hybridized carbons (Fsp3) is 0.409. The Labute approximate surface area is 294 Å². The molecule has 0 saturated heterocycles. The van der Waals surface area contributed by atoms with Crippen LogP contribution in [0.1, 0.15) is 105 Å². The molecular weight excluding hydrogens is 595 g/mol. The second-order valence-electron chi connectivity index (χ2n) is 17.9. The van der Waals surface area contributed by atoms with Gasteiger partial charge in [-0.1, -0.05) is 137 Å². The molecule has 0 aliphatic heterocycles. The second-order valence-corrected chi connectivity index (χ2v) is 17.9. The van der Waals surface area contributed by atoms with Crippen molar-refractivity contribution in [2.45, 2.75) is 105 Å². The minimum Gasteiger partial charge on any atom is -0.255 e. The third-order valence-electron chi connectivity index (χ3n) is 14.5. The maximum absolute atomic E-state index is 5.22. The highest BCUT2D eigenvalue weighted by molar-refractivity contribution is 6.32. The molecule has 3 aromatic carbocycles. The normalized spacial score (nSPS) is 20.1. The Kier molecular flexibility index (Phi) is 7.12. The minimum absolute atomic E-state index is 0.0264. The summed E-state index contributed by atoms with van der Waals surface area (Å²) in [5.41, 5.74) is 11.8. The van der Waals surface area contributed by atoms with Crippen molar-refractivity contribution in [2.75, 3.05) is 0 Å². The number of aromatic nitrogens is 4. The highest BCUT2D eigenvalue weighted by Crippen LogP contribution is 2.63. The molecule has 0 amide bonds. The van der Waals surface area contributed by atoms with Crippen molar-refractivity contribution in [3.63, 3.8) is 0 Å². The van der Waals surface area contributed by atoms with E-state index in [1.165, 1.54) is 27.7 Å². The number of nitrogens with zero attached hydrogens (tertiary/aromatic N) is 4. The molecule has 2 heterocycles. The Morgan fingerprint density at radius 2 is 0.776 bits per heavy atom. The number of hydrogen-bond donors (Lipinski definition) is 0. The topological polar surface area (TPSA) is 51.6 Å². The molecule has 0 radical (unpaired) electrons. The predicted octanol–water partition coefficient (Wildman–Crippen LogP) is 9.38. The Balaban J connectivity index is 1.40. The summed E-state index contributed by atoms with van der Waals surface area (Å²) in [6, 6.07) is 26.3. The zero-order chi connectivity index (χ0) is 35.5. The van der Waals surface area contributed by atoms with Crippen LogP contribution < -0.4 is 5.46 Å². The lowest BCUT2D eigenvalue weighted by Crippen LogP contribution is -2.42. The first-order chi connectivity index (χ1) is 22.7. The van der Waals surface area contributed by atoms with Crippen LogP contribution in [0.5, 0.6) is 0 Å². The van der Waals surface area contributed by atoms with Gasteiger partial charge in [0.2, 0.25) is 0 Å². The van der Waals surface area contributed by atoms with Gasteiger partial charge in [0, 0.05) is 28.5 Å². The van der Waals surface area contributed by atoms with Crippen molar-refractivity contribution >= 4 is 13.3 Å². The molecule has 5 heteroatoms. The van der Waals surface area contributed by atoms with Gasteiger partial charge in [-0.25, -0.2) is 15.0 Å². The molecule has 7 rings (SSSR count). The third-order valence-corrected chi connectivity index (χ3v) is 14.5. The molecule has 0 spiro atoms. The van der Waals surface area contributed by atoms with Gasteiger partial charge in [0.05, 0.1) is 5.69 Å². The smallest absolute Gasteiger partial charge is 0.165 e. The van der Waals surface area contributed by atoms with Gasteiger partial charge < -0.3 is 0 Å². The summed E-state index contributed by atoms with van der Waals surface area (Å²) in [5.74, 6) is 2.00. The Morgan fingerprint density at radius 3 is 1.18 bits per heavy atom. The average molecular weight is 647 g/mol. The first kappa shape index (κ1) is 33.4. The fourth-order valence-corrected chi connectivity index (χ4v) is 8.58. The van der Waals surface area contributed by atoms with Crippen molar-refractivity contribution in [2.24, 2.45) is 10.8 Å². The van der Waals surface area contributed by atoms with E-state index < -0.39 is 0 Å². The van der Waals surface area contributed by atoms with Crippen LogP contribution in [0.4, 0.5) is 0 Å². The Hall–Kier alpha value is -4.12. The van der Waals surface area contributed by atoms with Gasteiger partial charge in [0.25, 0.3) is 0 Å². The minimum atomic E-state index is -0.0264. The zero-order valence-electron chi connectivity index (χ0n) is 31.8. The first-order valence-corrected chi connectivity index (χ1v) is 17.8. The second kappa shape index (κ2) is 10.4. The maximum Gasteiger partial charge on any atom is 0.165 e. The molecule has 0 atom stereocenters. The van der Waals surface area contributed by atoms with Crippen molar-refractivity contribution in [3.05, 3.63) is 101 Å². The first-order valence-electron chi connectivity index (χ1n) is 17.8. The van der Waals surface area contributed by atoms with Crippen LogP contribution in [0.2, 0.25) is 0 Å². The molecule has 2 aliphatic carbocycles. The van der Waals surface area contributed by atoms with Crippen LogP contribution in [0.15, 0.2) is 79.0 Å². The van der Waals surface area contributed by atoms with Crippen LogP contribution in [0.25, 0.3) is 45.4 Å². The van der Waals surface area contributed by atoms with E-state index >= 15 is 0 Å². The molecular formula is C44H51BN4. The predicted molar refractivity (Wildman–Crippen MR) is 207 cm³/mol. The van der Waals surface area contributed by atoms with Crippen molar-refractivity contribution in [3.8, 4) is 45.4 Å². The molecule has 250 valence electrons. The molecule has 5 aromatic rings. The van der Waals surface area contributed by atoms with Crippen LogP contribution in [-0.4, -0.2) is 27.8 Å². The summed E-state index contributed by atoms with van der Waals surface area (Å²) in [5, 5.41) is 0. The van der Waals surface area contributed by atoms with Gasteiger partial charge in [-0.15, -0.1) is 0 Å². The van der Waals surface area contributed by atoms with E-state index in [0.29, 0.717) is 17.5 Å². The molecule has 0 saturated carbocycles. The van der Waals surface area contributed by atoms with E-state index in [1.807, 2.05) is 6.20 Å². The van der Waals surface area contributed by atoms with Crippen LogP contribution in [-0.2, 0) is 21.7 Å². The van der Waals surface area contributed by atoms with Gasteiger partial charge in [-0.05, 0) is 79.0 Å². The Morgan fingerprint density at radius 1 is 0.408 bits per heavy atom. The quantitative estimate of drug-likeness (QED) is 0.183. The van der Waals surface area contributed by atoms with Gasteiger partial charge in [0.1, 0.15) is 7.85 Å². The van der Waals surface area contributed by atoms with Gasteiger partial charge in [-0.3, -0.25) is 4.98 Å². The molecule has 0 bridgehead atoms. The number of fused-ring (bicyclic) bond motifs is 2. The monoisotopic (exact) mass is 646 g/mol. The number of benzene rings is 3. The standard InChI is InChI=1S/C44H51BN4/c1-39(2)31-20-15-27(23-33(31)41(5,6)43(39,9)10)36-47-37(28-16-21-32-34(24-28)42(7,8)44(11,12)40(32,3)4)49-38(48-36)29-17-22-35(46-25-29)26-13-18-30(45)19-14-26/h13-25H,45H2,1-12H3. The van der Waals surface area contributed by atoms with E-state index in [1.54, 1.807) is 0 Å². The van der Waals surface area contributed by atoms with Gasteiger partial charge >= 0.3 is 0 Å². The average Bonchev–Trinajstić information content (AvgIpc) is 3.24. The maximum atomic E-state index is 5.22. The van der Waals surface area contributed by atoms with E-state index in [9.17, 15) is 0 Å². The van der Waals surface area contributed by atoms with E-state index in [0.717, 1.165) is 27.9 Å². The third kappa shape index (κ3) is 4.56. The lowest BCUT2D eigenvalue weighted by atomic mass is 9.59. The molecule has 4 nitrogen and oxygen atoms in total. The van der Waals surface area contributed by atoms with Crippen LogP contribution >= 0.6 is 0 Å². The Bertz CT molecular complexity index is 2010. The molecule has 2 aliphatic rings. The van der Waals surface area contributed by atoms with E-state index in [2.05, 4.69) is 164 Å². The van der Waals surface area contributed by atoms with Gasteiger partial charge in [0.15, 0.2) is 17.5 Å². The summed E-state index contributed by atoms with van der Waals surface area (Å²) >= 11 is 0. The summed E-state index contributed by atoms with van der Waals surface area (Å²) < 4.78 is 0. The molecule has 0 fully saturated rings. The van der Waals surface area contributed by atoms with Crippen molar-refractivity contribution < 1.29 is 0 Å². The molecule has 0 N–H and O–H groups in total. The van der Waals surface area contributed by atoms with Crippen LogP contribution in [0.3, 0.4) is 0 Å². The van der Waals surface area contributed by atoms with Gasteiger partial charge in [-0.2, -0.15) is 0 Å². The van der Waals surface area contributed by atoms with E-state index in [-0.39, 0.29) is 32.5 Å². The highest BCUT2D eigenvalue weighted by Gasteiger charge is 2.58. The number of hydrogen-bond acceptors (Lipinski definition) is 4. The zero-order valence-corrected chi connectivity index (χ0v) is 31.8. The SMILES string of the molecule is Bc1ccc(-c2ccc(-c3nc(-c4ccc5c(c4)C(C)(C)C(C)(C)C5(C)C)nc(-c4ccc5c(c4)C(C)(C)C(C)(C)C5(C)C)n3)cn2)cc1. The lowest BCUT2D eigenvalue weighted by molar-refractivity contribution is 0.125. The van der Waals surface area contributed by atoms with Crippen LogP contribution in [0, 0.1) is 10.8 Å².